The molecule has 0 unspecified atom stereocenters. The Morgan fingerprint density at radius 1 is 1.22 bits per heavy atom. The van der Waals surface area contributed by atoms with Crippen LogP contribution in [0.15, 0.2) is 24.3 Å². The van der Waals surface area contributed by atoms with Crippen LogP contribution in [0.1, 0.15) is 5.56 Å². The predicted molar refractivity (Wildman–Crippen MR) is 97.1 cm³/mol. The van der Waals surface area contributed by atoms with Gasteiger partial charge in [0.1, 0.15) is 0 Å². The second kappa shape index (κ2) is 7.88. The number of hydrogen-bond donors (Lipinski definition) is 0. The highest BCUT2D eigenvalue weighted by atomic mass is 35.5. The first kappa shape index (κ1) is 17.1. The zero-order chi connectivity index (χ0) is 16.2. The number of piperazine rings is 2. The van der Waals surface area contributed by atoms with E-state index in [9.17, 15) is 4.79 Å². The Bertz CT molecular complexity index is 556. The molecule has 0 aromatic heterocycles. The van der Waals surface area contributed by atoms with Gasteiger partial charge >= 0.3 is 0 Å². The van der Waals surface area contributed by atoms with E-state index in [1.54, 1.807) is 11.8 Å². The molecule has 6 heteroatoms. The summed E-state index contributed by atoms with van der Waals surface area (Å²) in [6.07, 6.45) is 0. The normalized spacial score (nSPS) is 22.9. The fraction of sp³-hybridized carbons (Fsp3) is 0.588. The van der Waals surface area contributed by atoms with Crippen LogP contribution in [0.4, 0.5) is 0 Å². The minimum absolute atomic E-state index is 0.259. The summed E-state index contributed by atoms with van der Waals surface area (Å²) in [6, 6.07) is 8.35. The largest absolute Gasteiger partial charge is 0.339 e. The van der Waals surface area contributed by atoms with Crippen molar-refractivity contribution in [2.24, 2.45) is 0 Å². The first-order valence-electron chi connectivity index (χ1n) is 8.15. The van der Waals surface area contributed by atoms with Crippen LogP contribution in [-0.2, 0) is 10.5 Å². The van der Waals surface area contributed by atoms with Crippen molar-refractivity contribution >= 4 is 29.3 Å². The topological polar surface area (TPSA) is 26.8 Å². The molecule has 1 amide bonds. The molecule has 2 saturated heterocycles. The molecular formula is C17H24ClN3OS. The van der Waals surface area contributed by atoms with Gasteiger partial charge in [0.2, 0.25) is 5.91 Å². The van der Waals surface area contributed by atoms with E-state index in [4.69, 9.17) is 11.6 Å². The zero-order valence-electron chi connectivity index (χ0n) is 13.6. The molecule has 0 aliphatic carbocycles. The number of nitrogens with zero attached hydrogens (tertiary/aromatic N) is 3. The van der Waals surface area contributed by atoms with Gasteiger partial charge in [-0.15, -0.1) is 11.8 Å². The third-order valence-electron chi connectivity index (χ3n) is 4.69. The van der Waals surface area contributed by atoms with Crippen molar-refractivity contribution in [2.75, 3.05) is 52.1 Å². The lowest BCUT2D eigenvalue weighted by Gasteiger charge is -2.46. The van der Waals surface area contributed by atoms with Crippen LogP contribution in [0.5, 0.6) is 0 Å². The Kier molecular flexibility index (Phi) is 5.85. The number of hydrogen-bond acceptors (Lipinski definition) is 4. The Balaban J connectivity index is 1.46. The van der Waals surface area contributed by atoms with Crippen LogP contribution in [0.3, 0.4) is 0 Å². The molecule has 0 radical (unpaired) electrons. The fourth-order valence-corrected chi connectivity index (χ4v) is 4.50. The second-order valence-corrected chi connectivity index (χ2v) is 7.77. The van der Waals surface area contributed by atoms with Crippen molar-refractivity contribution in [1.29, 1.82) is 0 Å². The van der Waals surface area contributed by atoms with Gasteiger partial charge in [0, 0.05) is 56.1 Å². The summed E-state index contributed by atoms with van der Waals surface area (Å²) in [5, 5.41) is 0.784. The maximum atomic E-state index is 12.5. The van der Waals surface area contributed by atoms with Gasteiger partial charge in [-0.3, -0.25) is 9.69 Å². The number of amides is 1. The molecule has 0 N–H and O–H groups in total. The van der Waals surface area contributed by atoms with Crippen LogP contribution in [0, 0.1) is 0 Å². The van der Waals surface area contributed by atoms with Gasteiger partial charge in [-0.05, 0) is 18.7 Å². The molecule has 2 aliphatic rings. The molecule has 0 spiro atoms. The third kappa shape index (κ3) is 4.41. The van der Waals surface area contributed by atoms with Crippen molar-refractivity contribution in [3.63, 3.8) is 0 Å². The quantitative estimate of drug-likeness (QED) is 0.827. The summed E-state index contributed by atoms with van der Waals surface area (Å²) in [4.78, 5) is 19.4. The Labute approximate surface area is 147 Å². The van der Waals surface area contributed by atoms with Crippen molar-refractivity contribution in [3.8, 4) is 0 Å². The van der Waals surface area contributed by atoms with E-state index in [0.29, 0.717) is 11.8 Å². The number of thioether (sulfide) groups is 1. The van der Waals surface area contributed by atoms with Crippen molar-refractivity contribution < 1.29 is 4.79 Å². The van der Waals surface area contributed by atoms with Gasteiger partial charge in [-0.1, -0.05) is 29.8 Å². The van der Waals surface area contributed by atoms with E-state index >= 15 is 0 Å². The third-order valence-corrected chi connectivity index (χ3v) is 6.02. The van der Waals surface area contributed by atoms with Gasteiger partial charge in [0.25, 0.3) is 0 Å². The molecule has 0 saturated carbocycles. The Hall–Kier alpha value is -0.750. The number of carbonyl (C=O) groups is 1. The number of likely N-dealkylation sites (N-methyl/N-ethyl adjacent to an activating group) is 1. The molecule has 3 rings (SSSR count). The van der Waals surface area contributed by atoms with Crippen molar-refractivity contribution in [2.45, 2.75) is 11.8 Å². The minimum Gasteiger partial charge on any atom is -0.339 e. The lowest BCUT2D eigenvalue weighted by atomic mass is 10.1. The monoisotopic (exact) mass is 353 g/mol. The Morgan fingerprint density at radius 3 is 2.83 bits per heavy atom. The van der Waals surface area contributed by atoms with Crippen LogP contribution in [0.2, 0.25) is 5.02 Å². The first-order chi connectivity index (χ1) is 11.1. The van der Waals surface area contributed by atoms with Crippen LogP contribution in [0.25, 0.3) is 0 Å². The van der Waals surface area contributed by atoms with Gasteiger partial charge in [-0.2, -0.15) is 0 Å². The van der Waals surface area contributed by atoms with Crippen molar-refractivity contribution in [1.82, 2.24) is 14.7 Å². The molecule has 23 heavy (non-hydrogen) atoms. The van der Waals surface area contributed by atoms with E-state index in [2.05, 4.69) is 16.8 Å². The van der Waals surface area contributed by atoms with E-state index < -0.39 is 0 Å². The molecular weight excluding hydrogens is 330 g/mol. The van der Waals surface area contributed by atoms with E-state index in [1.807, 2.05) is 29.2 Å². The minimum atomic E-state index is 0.259. The molecule has 126 valence electrons. The SMILES string of the molecule is CN1CCN2CCN(C(=O)CSCc3ccccc3Cl)C[C@H]2C1. The highest BCUT2D eigenvalue weighted by molar-refractivity contribution is 7.99. The van der Waals surface area contributed by atoms with Crippen molar-refractivity contribution in [3.05, 3.63) is 34.9 Å². The predicted octanol–water partition coefficient (Wildman–Crippen LogP) is 2.03. The molecule has 4 nitrogen and oxygen atoms in total. The summed E-state index contributed by atoms with van der Waals surface area (Å²) in [5.74, 6) is 1.58. The first-order valence-corrected chi connectivity index (χ1v) is 9.68. The highest BCUT2D eigenvalue weighted by Crippen LogP contribution is 2.21. The van der Waals surface area contributed by atoms with E-state index in [-0.39, 0.29) is 5.91 Å². The standard InChI is InChI=1S/C17H24ClN3OS/c1-19-6-7-20-8-9-21(11-15(20)10-19)17(22)13-23-12-14-4-2-3-5-16(14)18/h2-5,15H,6-13H2,1H3/t15-/m1/s1. The number of fused-ring (bicyclic) bond motifs is 1. The lowest BCUT2D eigenvalue weighted by molar-refractivity contribution is -0.132. The summed E-state index contributed by atoms with van der Waals surface area (Å²) in [7, 11) is 2.16. The van der Waals surface area contributed by atoms with E-state index in [0.717, 1.165) is 55.6 Å². The highest BCUT2D eigenvalue weighted by Gasteiger charge is 2.32. The summed E-state index contributed by atoms with van der Waals surface area (Å²) >= 11 is 7.81. The number of halogens is 1. The molecule has 1 atom stereocenters. The molecule has 1 aromatic rings. The molecule has 0 bridgehead atoms. The molecule has 2 heterocycles. The summed E-state index contributed by atoms with van der Waals surface area (Å²) in [6.45, 7) is 6.08. The molecule has 2 aliphatic heterocycles. The maximum absolute atomic E-state index is 12.5. The maximum Gasteiger partial charge on any atom is 0.232 e. The van der Waals surface area contributed by atoms with Gasteiger partial charge < -0.3 is 9.80 Å². The summed E-state index contributed by atoms with van der Waals surface area (Å²) < 4.78 is 0. The number of rotatable bonds is 4. The van der Waals surface area contributed by atoms with Crippen LogP contribution in [-0.4, -0.2) is 78.7 Å². The average molecular weight is 354 g/mol. The lowest BCUT2D eigenvalue weighted by Crippen LogP contribution is -2.62. The molecule has 1 aromatic carbocycles. The second-order valence-electron chi connectivity index (χ2n) is 6.38. The Morgan fingerprint density at radius 2 is 2.00 bits per heavy atom. The summed E-state index contributed by atoms with van der Waals surface area (Å²) in [5.41, 5.74) is 1.10. The van der Waals surface area contributed by atoms with Crippen LogP contribution >= 0.6 is 23.4 Å². The number of carbonyl (C=O) groups excluding carboxylic acids is 1. The van der Waals surface area contributed by atoms with E-state index in [1.165, 1.54) is 0 Å². The average Bonchev–Trinajstić information content (AvgIpc) is 2.55. The van der Waals surface area contributed by atoms with Gasteiger partial charge in [-0.25, -0.2) is 0 Å². The number of benzene rings is 1. The smallest absolute Gasteiger partial charge is 0.232 e. The van der Waals surface area contributed by atoms with Crippen LogP contribution < -0.4 is 0 Å². The molecule has 2 fully saturated rings. The zero-order valence-corrected chi connectivity index (χ0v) is 15.2. The fourth-order valence-electron chi connectivity index (χ4n) is 3.29. The van der Waals surface area contributed by atoms with Gasteiger partial charge in [0.15, 0.2) is 0 Å². The van der Waals surface area contributed by atoms with Gasteiger partial charge in [0.05, 0.1) is 5.75 Å².